The zero-order valence-corrected chi connectivity index (χ0v) is 25.3. The maximum absolute atomic E-state index is 12.1. The molecule has 216 valence electrons. The molecule has 0 spiro atoms. The van der Waals surface area contributed by atoms with Crippen molar-refractivity contribution in [2.75, 3.05) is 19.8 Å². The minimum Gasteiger partial charge on any atom is -0.471 e. The van der Waals surface area contributed by atoms with E-state index in [0.717, 1.165) is 5.56 Å². The minimum absolute atomic E-state index is 0.132. The van der Waals surface area contributed by atoms with Crippen LogP contribution in [0, 0.1) is 0 Å². The molecule has 0 radical (unpaired) electrons. The van der Waals surface area contributed by atoms with E-state index in [2.05, 4.69) is 79.5 Å². The summed E-state index contributed by atoms with van der Waals surface area (Å²) in [6, 6.07) is 32.7. The van der Waals surface area contributed by atoms with E-state index in [-0.39, 0.29) is 23.4 Å². The Morgan fingerprint density at radius 1 is 0.902 bits per heavy atom. The second-order valence-corrected chi connectivity index (χ2v) is 15.2. The molecule has 7 nitrogen and oxygen atoms in total. The molecule has 0 aliphatic heterocycles. The Balaban J connectivity index is 1.54. The van der Waals surface area contributed by atoms with Crippen molar-refractivity contribution in [2.24, 2.45) is 0 Å². The molecule has 1 N–H and O–H groups in total. The first kappa shape index (κ1) is 30.2. The second-order valence-electron chi connectivity index (χ2n) is 10.9. The Kier molecular flexibility index (Phi) is 10.5. The van der Waals surface area contributed by atoms with Gasteiger partial charge in [-0.25, -0.2) is 4.79 Å². The van der Waals surface area contributed by atoms with Gasteiger partial charge in [-0.2, -0.15) is 0 Å². The lowest BCUT2D eigenvalue weighted by atomic mass is 10.2. The van der Waals surface area contributed by atoms with Gasteiger partial charge in [0, 0.05) is 19.1 Å². The molecule has 8 heteroatoms. The number of aromatic nitrogens is 2. The van der Waals surface area contributed by atoms with Crippen molar-refractivity contribution in [2.45, 2.75) is 51.9 Å². The van der Waals surface area contributed by atoms with Gasteiger partial charge >= 0.3 is 5.97 Å². The second kappa shape index (κ2) is 14.3. The van der Waals surface area contributed by atoms with E-state index in [1.54, 1.807) is 13.0 Å². The number of carbonyl (C=O) groups is 1. The van der Waals surface area contributed by atoms with Gasteiger partial charge in [-0.15, -0.1) is 5.10 Å². The van der Waals surface area contributed by atoms with Crippen molar-refractivity contribution < 1.29 is 23.4 Å². The Labute approximate surface area is 243 Å². The lowest BCUT2D eigenvalue weighted by molar-refractivity contribution is 0.0285. The lowest BCUT2D eigenvalue weighted by Gasteiger charge is -2.43. The van der Waals surface area contributed by atoms with Crippen LogP contribution in [0.3, 0.4) is 0 Å². The van der Waals surface area contributed by atoms with Crippen molar-refractivity contribution in [1.29, 1.82) is 0 Å². The van der Waals surface area contributed by atoms with Gasteiger partial charge in [-0.3, -0.25) is 5.10 Å². The fourth-order valence-electron chi connectivity index (χ4n) is 5.01. The molecular formula is C33H40N2O5Si. The highest BCUT2D eigenvalue weighted by atomic mass is 28.4. The molecule has 4 aromatic rings. The molecule has 0 saturated heterocycles. The number of hydrogen-bond donors (Lipinski definition) is 1. The van der Waals surface area contributed by atoms with E-state index in [4.69, 9.17) is 18.6 Å². The van der Waals surface area contributed by atoms with Crippen LogP contribution in [0.15, 0.2) is 97.1 Å². The van der Waals surface area contributed by atoms with E-state index in [0.29, 0.717) is 32.1 Å². The Morgan fingerprint density at radius 3 is 2.05 bits per heavy atom. The highest BCUT2D eigenvalue weighted by molar-refractivity contribution is 6.99. The van der Waals surface area contributed by atoms with Crippen LogP contribution in [0.2, 0.25) is 5.04 Å². The number of nitrogens with zero attached hydrogens (tertiary/aromatic N) is 1. The van der Waals surface area contributed by atoms with Gasteiger partial charge in [-0.05, 0) is 27.9 Å². The van der Waals surface area contributed by atoms with E-state index in [1.165, 1.54) is 10.4 Å². The van der Waals surface area contributed by atoms with Gasteiger partial charge in [0.05, 0.1) is 19.8 Å². The molecule has 1 heterocycles. The predicted molar refractivity (Wildman–Crippen MR) is 163 cm³/mol. The van der Waals surface area contributed by atoms with Gasteiger partial charge in [0.1, 0.15) is 11.8 Å². The van der Waals surface area contributed by atoms with Gasteiger partial charge in [-0.1, -0.05) is 112 Å². The molecular weight excluding hydrogens is 532 g/mol. The summed E-state index contributed by atoms with van der Waals surface area (Å²) < 4.78 is 24.4. The summed E-state index contributed by atoms with van der Waals surface area (Å²) in [5, 5.41) is 9.20. The fourth-order valence-corrected chi connectivity index (χ4v) is 9.59. The molecule has 1 unspecified atom stereocenters. The molecule has 0 fully saturated rings. The van der Waals surface area contributed by atoms with E-state index in [1.807, 2.05) is 42.5 Å². The number of aromatic amines is 1. The summed E-state index contributed by atoms with van der Waals surface area (Å²) in [5.74, 6) is -0.159. The Morgan fingerprint density at radius 2 is 1.49 bits per heavy atom. The number of nitrogens with one attached hydrogen (secondary N) is 1. The van der Waals surface area contributed by atoms with Crippen molar-refractivity contribution in [3.05, 3.63) is 108 Å². The van der Waals surface area contributed by atoms with Gasteiger partial charge in [0.25, 0.3) is 8.32 Å². The average Bonchev–Trinajstić information content (AvgIpc) is 3.45. The first-order chi connectivity index (χ1) is 19.8. The van der Waals surface area contributed by atoms with Crippen molar-refractivity contribution in [3.63, 3.8) is 0 Å². The Hall–Kier alpha value is -3.72. The van der Waals surface area contributed by atoms with Crippen LogP contribution < -0.4 is 15.1 Å². The quantitative estimate of drug-likeness (QED) is 0.158. The summed E-state index contributed by atoms with van der Waals surface area (Å²) in [4.78, 5) is 12.1. The summed E-state index contributed by atoms with van der Waals surface area (Å²) in [6.07, 6.45) is 0.219. The summed E-state index contributed by atoms with van der Waals surface area (Å²) in [6.45, 7) is 10.1. The SMILES string of the molecule is CCOC(=O)c1cc(OC(CCO[Si](c2ccccc2)(c2ccccc2)C(C)(C)C)COCc2ccccc2)n[nH]1. The molecule has 0 saturated carbocycles. The fraction of sp³-hybridized carbons (Fsp3) is 0.333. The first-order valence-electron chi connectivity index (χ1n) is 14.1. The zero-order valence-electron chi connectivity index (χ0n) is 24.3. The van der Waals surface area contributed by atoms with Crippen molar-refractivity contribution >= 4 is 24.7 Å². The van der Waals surface area contributed by atoms with Crippen LogP contribution in [-0.4, -0.2) is 50.4 Å². The van der Waals surface area contributed by atoms with Crippen LogP contribution in [-0.2, 0) is 20.5 Å². The third-order valence-corrected chi connectivity index (χ3v) is 12.0. The van der Waals surface area contributed by atoms with Crippen molar-refractivity contribution in [3.8, 4) is 5.88 Å². The van der Waals surface area contributed by atoms with Crippen molar-refractivity contribution in [1.82, 2.24) is 10.2 Å². The zero-order chi connectivity index (χ0) is 29.1. The third-order valence-electron chi connectivity index (χ3n) is 6.93. The molecule has 1 atom stereocenters. The van der Waals surface area contributed by atoms with Gasteiger partial charge in [0.2, 0.25) is 5.88 Å². The number of hydrogen-bond acceptors (Lipinski definition) is 6. The van der Waals surface area contributed by atoms with E-state index in [9.17, 15) is 4.79 Å². The number of ether oxygens (including phenoxy) is 3. The Bertz CT molecular complexity index is 1300. The van der Waals surface area contributed by atoms with Gasteiger partial charge < -0.3 is 18.6 Å². The number of benzene rings is 3. The van der Waals surface area contributed by atoms with E-state index < -0.39 is 14.3 Å². The van der Waals surface area contributed by atoms with E-state index >= 15 is 0 Å². The summed E-state index contributed by atoms with van der Waals surface area (Å²) in [5.41, 5.74) is 1.33. The average molecular weight is 573 g/mol. The van der Waals surface area contributed by atoms with Crippen LogP contribution in [0.5, 0.6) is 5.88 Å². The van der Waals surface area contributed by atoms with Crippen LogP contribution in [0.25, 0.3) is 0 Å². The van der Waals surface area contributed by atoms with Crippen LogP contribution in [0.1, 0.15) is 50.2 Å². The minimum atomic E-state index is -2.69. The molecule has 0 aliphatic rings. The lowest BCUT2D eigenvalue weighted by Crippen LogP contribution is -2.66. The highest BCUT2D eigenvalue weighted by Gasteiger charge is 2.50. The first-order valence-corrected chi connectivity index (χ1v) is 16.0. The number of rotatable bonds is 14. The highest BCUT2D eigenvalue weighted by Crippen LogP contribution is 2.37. The summed E-state index contributed by atoms with van der Waals surface area (Å²) >= 11 is 0. The number of H-pyrrole nitrogens is 1. The molecule has 0 bridgehead atoms. The molecule has 1 aromatic heterocycles. The smallest absolute Gasteiger partial charge is 0.356 e. The molecule has 41 heavy (non-hydrogen) atoms. The van der Waals surface area contributed by atoms with Crippen LogP contribution >= 0.6 is 0 Å². The summed E-state index contributed by atoms with van der Waals surface area (Å²) in [7, 11) is -2.69. The predicted octanol–water partition coefficient (Wildman–Crippen LogP) is 5.52. The molecule has 4 rings (SSSR count). The maximum atomic E-state index is 12.1. The maximum Gasteiger partial charge on any atom is 0.356 e. The monoisotopic (exact) mass is 572 g/mol. The molecule has 0 aliphatic carbocycles. The number of carbonyl (C=O) groups excluding carboxylic acids is 1. The standard InChI is InChI=1S/C33H40N2O5Si/c1-5-38-32(36)30-23-31(35-34-30)40-27(25-37-24-26-15-9-6-10-16-26)21-22-39-41(33(2,3)4,28-17-11-7-12-18-28)29-19-13-8-14-20-29/h6-20,23,27H,5,21-22,24-25H2,1-4H3,(H,34,35). The topological polar surface area (TPSA) is 82.7 Å². The third kappa shape index (κ3) is 7.73. The normalized spacial score (nSPS) is 12.6. The van der Waals surface area contributed by atoms with Crippen LogP contribution in [0.4, 0.5) is 0 Å². The molecule has 3 aromatic carbocycles. The largest absolute Gasteiger partial charge is 0.471 e. The van der Waals surface area contributed by atoms with Gasteiger partial charge in [0.15, 0.2) is 0 Å². The molecule has 0 amide bonds. The number of esters is 1.